The first kappa shape index (κ1) is 12.3. The summed E-state index contributed by atoms with van der Waals surface area (Å²) >= 11 is 0. The summed E-state index contributed by atoms with van der Waals surface area (Å²) < 4.78 is 11.0. The molecule has 1 aliphatic rings. The molecule has 1 aliphatic heterocycles. The van der Waals surface area contributed by atoms with E-state index in [2.05, 4.69) is 22.4 Å². The lowest BCUT2D eigenvalue weighted by Gasteiger charge is -2.38. The number of aromatic nitrogens is 2. The molecule has 1 aromatic heterocycles. The van der Waals surface area contributed by atoms with E-state index in [-0.39, 0.29) is 5.60 Å². The lowest BCUT2D eigenvalue weighted by molar-refractivity contribution is -0.0841. The Labute approximate surface area is 112 Å². The third-order valence-electron chi connectivity index (χ3n) is 3.29. The molecule has 0 amide bonds. The molecule has 0 aliphatic carbocycles. The average molecular weight is 259 g/mol. The Balaban J connectivity index is 1.69. The Morgan fingerprint density at radius 3 is 2.95 bits per heavy atom. The number of hydrogen-bond acceptors (Lipinski definition) is 5. The molecule has 1 N–H and O–H groups in total. The fourth-order valence-corrected chi connectivity index (χ4v) is 2.03. The number of hydrogen-bond donors (Lipinski definition) is 1. The van der Waals surface area contributed by atoms with Gasteiger partial charge in [-0.05, 0) is 19.9 Å². The summed E-state index contributed by atoms with van der Waals surface area (Å²) in [7, 11) is 0. The van der Waals surface area contributed by atoms with Gasteiger partial charge in [0.1, 0.15) is 6.61 Å². The Kier molecular flexibility index (Phi) is 3.08. The number of ether oxygens (including phenoxy) is 1. The van der Waals surface area contributed by atoms with Crippen molar-refractivity contribution >= 4 is 0 Å². The zero-order chi connectivity index (χ0) is 13.3. The molecule has 0 atom stereocenters. The third-order valence-corrected chi connectivity index (χ3v) is 3.29. The van der Waals surface area contributed by atoms with Crippen molar-refractivity contribution in [3.05, 3.63) is 35.7 Å². The maximum atomic E-state index is 5.77. The zero-order valence-electron chi connectivity index (χ0n) is 11.1. The molecule has 0 saturated carbocycles. The van der Waals surface area contributed by atoms with Gasteiger partial charge in [-0.15, -0.1) is 0 Å². The first-order chi connectivity index (χ1) is 9.15. The van der Waals surface area contributed by atoms with Crippen molar-refractivity contribution in [2.24, 2.45) is 0 Å². The van der Waals surface area contributed by atoms with Crippen LogP contribution in [0.15, 0.2) is 28.8 Å². The summed E-state index contributed by atoms with van der Waals surface area (Å²) in [6, 6.07) is 8.03. The van der Waals surface area contributed by atoms with E-state index in [0.717, 1.165) is 18.7 Å². The molecule has 2 heterocycles. The molecular formula is C14H17N3O2. The number of nitrogens with zero attached hydrogens (tertiary/aromatic N) is 2. The van der Waals surface area contributed by atoms with Crippen LogP contribution in [0.1, 0.15) is 18.4 Å². The summed E-state index contributed by atoms with van der Waals surface area (Å²) in [6.07, 6.45) is 0. The van der Waals surface area contributed by atoms with Crippen LogP contribution in [0, 0.1) is 6.92 Å². The number of benzene rings is 1. The summed E-state index contributed by atoms with van der Waals surface area (Å²) in [5.74, 6) is 1.13. The van der Waals surface area contributed by atoms with Gasteiger partial charge in [0, 0.05) is 18.7 Å². The van der Waals surface area contributed by atoms with E-state index in [1.165, 1.54) is 5.56 Å². The van der Waals surface area contributed by atoms with Crippen molar-refractivity contribution in [3.63, 3.8) is 0 Å². The second kappa shape index (κ2) is 4.75. The van der Waals surface area contributed by atoms with Gasteiger partial charge in [0.15, 0.2) is 0 Å². The highest BCUT2D eigenvalue weighted by Crippen LogP contribution is 2.20. The number of rotatable bonds is 4. The molecule has 0 bridgehead atoms. The molecule has 1 saturated heterocycles. The molecule has 1 fully saturated rings. The molecule has 19 heavy (non-hydrogen) atoms. The molecule has 0 radical (unpaired) electrons. The van der Waals surface area contributed by atoms with Crippen molar-refractivity contribution in [1.82, 2.24) is 15.5 Å². The van der Waals surface area contributed by atoms with Gasteiger partial charge in [-0.2, -0.15) is 4.98 Å². The van der Waals surface area contributed by atoms with Crippen LogP contribution in [0.5, 0.6) is 0 Å². The minimum Gasteiger partial charge on any atom is -0.363 e. The first-order valence-corrected chi connectivity index (χ1v) is 6.39. The molecule has 5 heteroatoms. The Morgan fingerprint density at radius 1 is 1.42 bits per heavy atom. The minimum absolute atomic E-state index is 0.0992. The Morgan fingerprint density at radius 2 is 2.26 bits per heavy atom. The predicted octanol–water partition coefficient (Wildman–Crippen LogP) is 1.92. The van der Waals surface area contributed by atoms with Gasteiger partial charge in [-0.3, -0.25) is 0 Å². The van der Waals surface area contributed by atoms with Gasteiger partial charge in [0.2, 0.25) is 5.82 Å². The number of nitrogens with one attached hydrogen (secondary N) is 1. The van der Waals surface area contributed by atoms with Crippen molar-refractivity contribution in [1.29, 1.82) is 0 Å². The highest BCUT2D eigenvalue weighted by Gasteiger charge is 2.33. The molecule has 100 valence electrons. The summed E-state index contributed by atoms with van der Waals surface area (Å²) in [6.45, 7) is 6.20. The van der Waals surface area contributed by atoms with Gasteiger partial charge >= 0.3 is 0 Å². The standard InChI is InChI=1S/C14H17N3O2/c1-10-4-3-5-11(6-10)13-16-12(19-17-13)7-18-14(2)8-15-9-14/h3-6,15H,7-9H2,1-2H3. The highest BCUT2D eigenvalue weighted by atomic mass is 16.5. The van der Waals surface area contributed by atoms with Crippen LogP contribution in [0.2, 0.25) is 0 Å². The van der Waals surface area contributed by atoms with Gasteiger partial charge < -0.3 is 14.6 Å². The lowest BCUT2D eigenvalue weighted by Crippen LogP contribution is -2.58. The molecule has 2 aromatic rings. The second-order valence-electron chi connectivity index (χ2n) is 5.22. The monoisotopic (exact) mass is 259 g/mol. The molecular weight excluding hydrogens is 242 g/mol. The normalized spacial score (nSPS) is 17.2. The molecule has 1 aromatic carbocycles. The van der Waals surface area contributed by atoms with Gasteiger partial charge in [0.05, 0.1) is 5.60 Å². The van der Waals surface area contributed by atoms with E-state index < -0.39 is 0 Å². The fraction of sp³-hybridized carbons (Fsp3) is 0.429. The van der Waals surface area contributed by atoms with Gasteiger partial charge in [-0.1, -0.05) is 28.9 Å². The molecule has 0 spiro atoms. The van der Waals surface area contributed by atoms with Crippen LogP contribution in [0.4, 0.5) is 0 Å². The maximum absolute atomic E-state index is 5.77. The predicted molar refractivity (Wildman–Crippen MR) is 70.5 cm³/mol. The average Bonchev–Trinajstić information content (AvgIpc) is 2.83. The fourth-order valence-electron chi connectivity index (χ4n) is 2.03. The SMILES string of the molecule is Cc1cccc(-c2noc(COC3(C)CNC3)n2)c1. The quantitative estimate of drug-likeness (QED) is 0.909. The first-order valence-electron chi connectivity index (χ1n) is 6.39. The second-order valence-corrected chi connectivity index (χ2v) is 5.22. The van der Waals surface area contributed by atoms with Gasteiger partial charge in [-0.25, -0.2) is 0 Å². The van der Waals surface area contributed by atoms with E-state index in [1.807, 2.05) is 31.2 Å². The molecule has 0 unspecified atom stereocenters. The zero-order valence-corrected chi connectivity index (χ0v) is 11.1. The van der Waals surface area contributed by atoms with Crippen LogP contribution >= 0.6 is 0 Å². The van der Waals surface area contributed by atoms with Crippen molar-refractivity contribution < 1.29 is 9.26 Å². The van der Waals surface area contributed by atoms with Crippen molar-refractivity contribution in [3.8, 4) is 11.4 Å². The lowest BCUT2D eigenvalue weighted by atomic mass is 10.0. The van der Waals surface area contributed by atoms with Crippen LogP contribution in [0.25, 0.3) is 11.4 Å². The van der Waals surface area contributed by atoms with Crippen LogP contribution in [-0.2, 0) is 11.3 Å². The molecule has 5 nitrogen and oxygen atoms in total. The van der Waals surface area contributed by atoms with E-state index in [1.54, 1.807) is 0 Å². The van der Waals surface area contributed by atoms with Crippen LogP contribution in [0.3, 0.4) is 0 Å². The van der Waals surface area contributed by atoms with E-state index >= 15 is 0 Å². The van der Waals surface area contributed by atoms with Crippen LogP contribution in [-0.4, -0.2) is 28.8 Å². The Bertz CT molecular complexity index is 576. The maximum Gasteiger partial charge on any atom is 0.252 e. The highest BCUT2D eigenvalue weighted by molar-refractivity contribution is 5.55. The van der Waals surface area contributed by atoms with Crippen molar-refractivity contribution in [2.75, 3.05) is 13.1 Å². The summed E-state index contributed by atoms with van der Waals surface area (Å²) in [5, 5.41) is 7.17. The number of aryl methyl sites for hydroxylation is 1. The third kappa shape index (κ3) is 2.67. The van der Waals surface area contributed by atoms with E-state index in [9.17, 15) is 0 Å². The van der Waals surface area contributed by atoms with Crippen LogP contribution < -0.4 is 5.32 Å². The van der Waals surface area contributed by atoms with Gasteiger partial charge in [0.25, 0.3) is 5.89 Å². The smallest absolute Gasteiger partial charge is 0.252 e. The summed E-state index contributed by atoms with van der Waals surface area (Å²) in [4.78, 5) is 4.36. The Hall–Kier alpha value is -1.72. The largest absolute Gasteiger partial charge is 0.363 e. The minimum atomic E-state index is -0.0992. The summed E-state index contributed by atoms with van der Waals surface area (Å²) in [5.41, 5.74) is 2.04. The van der Waals surface area contributed by atoms with Crippen molar-refractivity contribution in [2.45, 2.75) is 26.1 Å². The molecule has 3 rings (SSSR count). The van der Waals surface area contributed by atoms with E-state index in [0.29, 0.717) is 18.3 Å². The topological polar surface area (TPSA) is 60.2 Å². The van der Waals surface area contributed by atoms with E-state index in [4.69, 9.17) is 9.26 Å².